The second-order valence-electron chi connectivity index (χ2n) is 13.2. The molecule has 0 aliphatic heterocycles. The fourth-order valence-corrected chi connectivity index (χ4v) is 7.31. The molecule has 52 heavy (non-hydrogen) atoms. The maximum absolute atomic E-state index is 8.96. The fraction of sp³-hybridized carbons (Fsp3) is 0.191. The van der Waals surface area contributed by atoms with Crippen LogP contribution in [0.4, 0.5) is 0 Å². The Morgan fingerprint density at radius 2 is 1.54 bits per heavy atom. The molecule has 0 saturated carbocycles. The van der Waals surface area contributed by atoms with Crippen LogP contribution in [0.5, 0.6) is 0 Å². The number of thiophene rings is 1. The number of rotatable bonds is 8. The molecule has 5 aromatic carbocycles. The number of benzene rings is 5. The van der Waals surface area contributed by atoms with Gasteiger partial charge in [0.2, 0.25) is 0 Å². The van der Waals surface area contributed by atoms with Gasteiger partial charge in [-0.15, -0.1) is 47.3 Å². The molecular weight excluding hydrogens is 831 g/mol. The summed E-state index contributed by atoms with van der Waals surface area (Å²) < 4.78 is 43.0. The van der Waals surface area contributed by atoms with Crippen molar-refractivity contribution in [2.24, 2.45) is 0 Å². The van der Waals surface area contributed by atoms with Crippen molar-refractivity contribution in [3.8, 4) is 22.6 Å². The van der Waals surface area contributed by atoms with Gasteiger partial charge in [0.1, 0.15) is 0 Å². The van der Waals surface area contributed by atoms with E-state index in [1.54, 1.807) is 29.5 Å². The number of para-hydroxylation sites is 2. The van der Waals surface area contributed by atoms with Gasteiger partial charge in [0.05, 0.1) is 16.9 Å². The first kappa shape index (κ1) is 30.9. The minimum absolute atomic E-state index is 0. The van der Waals surface area contributed by atoms with E-state index in [0.29, 0.717) is 29.5 Å². The van der Waals surface area contributed by atoms with Gasteiger partial charge in [0.15, 0.2) is 0 Å². The van der Waals surface area contributed by atoms with Gasteiger partial charge < -0.3 is 9.55 Å². The van der Waals surface area contributed by atoms with Crippen molar-refractivity contribution in [3.05, 3.63) is 178 Å². The number of hydrogen-bond donors (Lipinski definition) is 0. The first-order chi connectivity index (χ1) is 26.8. The first-order valence-corrected chi connectivity index (χ1v) is 18.2. The Morgan fingerprint density at radius 3 is 2.23 bits per heavy atom. The molecule has 0 fully saturated rings. The quantitative estimate of drug-likeness (QED) is 0.142. The molecule has 0 atom stereocenters. The van der Waals surface area contributed by atoms with E-state index < -0.39 is 13.2 Å². The van der Waals surface area contributed by atoms with E-state index in [9.17, 15) is 0 Å². The molecular formula is C47H43IrN3S-2. The Hall–Kier alpha value is -4.67. The van der Waals surface area contributed by atoms with Crippen molar-refractivity contribution < 1.29 is 27.0 Å². The molecule has 0 aliphatic rings. The van der Waals surface area contributed by atoms with Gasteiger partial charge >= 0.3 is 0 Å². The number of pyridine rings is 1. The van der Waals surface area contributed by atoms with E-state index in [-0.39, 0.29) is 25.7 Å². The fourth-order valence-electron chi connectivity index (χ4n) is 6.49. The summed E-state index contributed by atoms with van der Waals surface area (Å²) in [7, 11) is 0. The van der Waals surface area contributed by atoms with Crippen molar-refractivity contribution in [3.63, 3.8) is 0 Å². The minimum Gasteiger partial charge on any atom is -0.360 e. The van der Waals surface area contributed by atoms with E-state index in [0.717, 1.165) is 43.8 Å². The van der Waals surface area contributed by atoms with E-state index in [2.05, 4.69) is 85.1 Å². The molecule has 0 bridgehead atoms. The van der Waals surface area contributed by atoms with Crippen molar-refractivity contribution in [2.75, 3.05) is 0 Å². The molecule has 8 aromatic rings. The van der Waals surface area contributed by atoms with E-state index in [4.69, 9.17) is 11.8 Å². The molecule has 3 aromatic heterocycles. The monoisotopic (exact) mass is 879 g/mol. The van der Waals surface area contributed by atoms with Crippen LogP contribution < -0.4 is 0 Å². The summed E-state index contributed by atoms with van der Waals surface area (Å²) in [4.78, 5) is 9.27. The second kappa shape index (κ2) is 16.8. The third-order valence-electron chi connectivity index (χ3n) is 9.01. The van der Waals surface area contributed by atoms with Crippen LogP contribution >= 0.6 is 11.3 Å². The molecule has 0 unspecified atom stereocenters. The van der Waals surface area contributed by atoms with E-state index >= 15 is 0 Å². The number of fused-ring (bicyclic) bond motifs is 2. The summed E-state index contributed by atoms with van der Waals surface area (Å²) in [5.41, 5.74) is 10.2. The van der Waals surface area contributed by atoms with Gasteiger partial charge in [0, 0.05) is 39.7 Å². The maximum Gasteiger partial charge on any atom is 0.0770 e. The van der Waals surface area contributed by atoms with Crippen molar-refractivity contribution in [1.29, 1.82) is 0 Å². The van der Waals surface area contributed by atoms with Gasteiger partial charge in [-0.05, 0) is 70.7 Å². The normalized spacial score (nSPS) is 13.1. The van der Waals surface area contributed by atoms with Gasteiger partial charge in [-0.2, -0.15) is 0 Å². The molecule has 0 spiro atoms. The zero-order valence-corrected chi connectivity index (χ0v) is 32.9. The number of hydrogen-bond acceptors (Lipinski definition) is 3. The van der Waals surface area contributed by atoms with Gasteiger partial charge in [-0.25, -0.2) is 0 Å². The van der Waals surface area contributed by atoms with E-state index in [1.165, 1.54) is 22.9 Å². The van der Waals surface area contributed by atoms with Gasteiger partial charge in [-0.3, -0.25) is 16.3 Å². The van der Waals surface area contributed by atoms with Crippen LogP contribution in [0.2, 0.25) is 0 Å². The predicted octanol–water partition coefficient (Wildman–Crippen LogP) is 12.5. The molecule has 0 saturated heterocycles. The summed E-state index contributed by atoms with van der Waals surface area (Å²) in [5, 5.41) is 4.53. The average molecular weight is 879 g/mol. The molecule has 5 heteroatoms. The molecule has 0 amide bonds. The zero-order chi connectivity index (χ0) is 39.6. The Balaban J connectivity index is 0.000000271. The van der Waals surface area contributed by atoms with Crippen LogP contribution in [0.15, 0.2) is 134 Å². The van der Waals surface area contributed by atoms with Crippen LogP contribution in [0.3, 0.4) is 0 Å². The van der Waals surface area contributed by atoms with Crippen LogP contribution in [-0.2, 0) is 33.0 Å². The smallest absolute Gasteiger partial charge is 0.0770 e. The summed E-state index contributed by atoms with van der Waals surface area (Å²) in [6.45, 7) is 7.67. The summed E-state index contributed by atoms with van der Waals surface area (Å²) >= 11 is 1.56. The molecule has 3 nitrogen and oxygen atoms in total. The zero-order valence-electron chi connectivity index (χ0n) is 34.6. The Bertz CT molecular complexity index is 2550. The summed E-state index contributed by atoms with van der Waals surface area (Å²) in [6.07, 6.45) is -0.222. The standard InChI is InChI=1S/C35H33N2S.C12H10N.Ir/c1-23(2)27-13-10-14-28(24(3)4)30(27)21-37-33-16-9-8-15-32(33)36-35(37)31-22-38-34-18-17-26(20-29(31)34)19-25-11-6-5-7-12-25;1-10-7-8-12(13-9-10)11-5-3-2-4-6-11;/h5-18,20,23-24H,19,21H2,1-4H3;2-5,7-9H,1H3;/q2*-1;/i19D2;1D3;. The van der Waals surface area contributed by atoms with Gasteiger partial charge in [0.25, 0.3) is 0 Å². The topological polar surface area (TPSA) is 30.7 Å². The Labute approximate surface area is 332 Å². The average Bonchev–Trinajstić information content (AvgIpc) is 3.79. The van der Waals surface area contributed by atoms with Crippen LogP contribution in [0.1, 0.15) is 79.8 Å². The van der Waals surface area contributed by atoms with Crippen LogP contribution in [0.25, 0.3) is 43.8 Å². The summed E-state index contributed by atoms with van der Waals surface area (Å²) in [6, 6.07) is 44.1. The van der Waals surface area contributed by atoms with Crippen molar-refractivity contribution >= 4 is 32.5 Å². The maximum atomic E-state index is 8.96. The molecule has 3 heterocycles. The second-order valence-corrected chi connectivity index (χ2v) is 14.1. The number of aryl methyl sites for hydroxylation is 1. The van der Waals surface area contributed by atoms with Crippen molar-refractivity contribution in [2.45, 2.75) is 59.3 Å². The number of nitrogens with zero attached hydrogens (tertiary/aromatic N) is 3. The first-order valence-electron chi connectivity index (χ1n) is 19.8. The van der Waals surface area contributed by atoms with Crippen LogP contribution in [-0.4, -0.2) is 14.5 Å². The number of imidazole rings is 1. The van der Waals surface area contributed by atoms with E-state index in [1.807, 2.05) is 72.8 Å². The third-order valence-corrected chi connectivity index (χ3v) is 9.89. The molecule has 8 rings (SSSR count). The summed E-state index contributed by atoms with van der Waals surface area (Å²) in [5.74, 6) is 1.68. The number of aromatic nitrogens is 3. The third kappa shape index (κ3) is 8.18. The SMILES string of the molecule is [2H]C([2H])([2H])c1ccc(-c2[c-]cccc2)nc1.[2H]C([2H])(c1ccccc1)c1ccc2s[c-]c(-c3nc4ccccc4n3Cc3c(C(C)C)cccc3C(C)C)c2c1.[Ir]. The van der Waals surface area contributed by atoms with Crippen molar-refractivity contribution in [1.82, 2.24) is 14.5 Å². The minimum atomic E-state index is -2.09. The molecule has 0 aliphatic carbocycles. The predicted molar refractivity (Wildman–Crippen MR) is 216 cm³/mol. The van der Waals surface area contributed by atoms with Gasteiger partial charge in [-0.1, -0.05) is 134 Å². The molecule has 0 N–H and O–H groups in total. The van der Waals surface area contributed by atoms with Crippen LogP contribution in [0, 0.1) is 18.3 Å². The molecule has 1 radical (unpaired) electrons. The Morgan fingerprint density at radius 1 is 0.788 bits per heavy atom. The largest absolute Gasteiger partial charge is 0.360 e. The molecule has 263 valence electrons. The Kier molecular flexibility index (Phi) is 9.97.